The summed E-state index contributed by atoms with van der Waals surface area (Å²) in [5, 5.41) is 6.17. The van der Waals surface area contributed by atoms with Gasteiger partial charge in [-0.15, -0.1) is 0 Å². The van der Waals surface area contributed by atoms with Gasteiger partial charge in [-0.05, 0) is 52.3 Å². The quantitative estimate of drug-likeness (QED) is 0.612. The van der Waals surface area contributed by atoms with E-state index in [9.17, 15) is 9.59 Å². The third-order valence-electron chi connectivity index (χ3n) is 3.63. The van der Waals surface area contributed by atoms with Crippen LogP contribution < -0.4 is 15.4 Å². The van der Waals surface area contributed by atoms with Gasteiger partial charge in [0.25, 0.3) is 5.91 Å². The van der Waals surface area contributed by atoms with Gasteiger partial charge in [0.05, 0.1) is 21.8 Å². The van der Waals surface area contributed by atoms with Crippen molar-refractivity contribution in [2.24, 2.45) is 0 Å². The van der Waals surface area contributed by atoms with Gasteiger partial charge < -0.3 is 15.4 Å². The van der Waals surface area contributed by atoms with Crippen molar-refractivity contribution < 1.29 is 14.3 Å². The third-order valence-corrected chi connectivity index (χ3v) is 5.18. The first-order chi connectivity index (χ1) is 12.5. The summed E-state index contributed by atoms with van der Waals surface area (Å²) < 4.78 is 6.76. The maximum Gasteiger partial charge on any atom is 0.255 e. The zero-order chi connectivity index (χ0) is 18.7. The molecule has 0 bridgehead atoms. The number of carbonyl (C=O) groups excluding carboxylic acids is 2. The van der Waals surface area contributed by atoms with Gasteiger partial charge in [-0.3, -0.25) is 9.59 Å². The second-order valence-corrected chi connectivity index (χ2v) is 7.29. The minimum absolute atomic E-state index is 0.0809. The number of nitrogens with one attached hydrogen (secondary N) is 2. The Balaban J connectivity index is 1.78. The number of hydrogen-bond acceptors (Lipinski definition) is 5. The Morgan fingerprint density at radius 1 is 1.19 bits per heavy atom. The Morgan fingerprint density at radius 2 is 2.00 bits per heavy atom. The lowest BCUT2D eigenvalue weighted by molar-refractivity contribution is -0.115. The molecule has 0 saturated heterocycles. The Bertz CT molecular complexity index is 987. The van der Waals surface area contributed by atoms with Crippen LogP contribution in [0.25, 0.3) is 10.2 Å². The zero-order valence-electron chi connectivity index (χ0n) is 14.1. The first-order valence-electron chi connectivity index (χ1n) is 7.85. The topological polar surface area (TPSA) is 80.3 Å². The van der Waals surface area contributed by atoms with Crippen molar-refractivity contribution in [1.29, 1.82) is 0 Å². The van der Waals surface area contributed by atoms with E-state index in [1.807, 2.05) is 12.1 Å². The Hall–Kier alpha value is -2.45. The molecule has 1 heterocycles. The minimum Gasteiger partial charge on any atom is -0.496 e. The van der Waals surface area contributed by atoms with E-state index in [0.717, 1.165) is 10.2 Å². The first kappa shape index (κ1) is 18.3. The summed E-state index contributed by atoms with van der Waals surface area (Å²) in [7, 11) is 1.57. The normalized spacial score (nSPS) is 10.6. The lowest BCUT2D eigenvalue weighted by Gasteiger charge is -2.07. The highest BCUT2D eigenvalue weighted by molar-refractivity contribution is 9.10. The van der Waals surface area contributed by atoms with Gasteiger partial charge in [-0.2, -0.15) is 0 Å². The number of halogens is 1. The Kier molecular flexibility index (Phi) is 5.53. The average molecular weight is 434 g/mol. The molecule has 0 radical (unpaired) electrons. The average Bonchev–Trinajstić information content (AvgIpc) is 3.02. The van der Waals surface area contributed by atoms with Crippen molar-refractivity contribution in [1.82, 2.24) is 4.98 Å². The number of aromatic nitrogens is 1. The van der Waals surface area contributed by atoms with Crippen molar-refractivity contribution in [3.63, 3.8) is 0 Å². The number of carbonyl (C=O) groups is 2. The second-order valence-electron chi connectivity index (χ2n) is 5.41. The SMILES string of the molecule is CCC(=O)Nc1nc2ccc(NC(=O)c3ccc(OC)c(Br)c3)cc2s1. The van der Waals surface area contributed by atoms with Crippen molar-refractivity contribution in [3.8, 4) is 5.75 Å². The maximum atomic E-state index is 12.4. The van der Waals surface area contributed by atoms with Gasteiger partial charge >= 0.3 is 0 Å². The summed E-state index contributed by atoms with van der Waals surface area (Å²) in [6.45, 7) is 1.79. The van der Waals surface area contributed by atoms with Crippen molar-refractivity contribution in [2.45, 2.75) is 13.3 Å². The summed E-state index contributed by atoms with van der Waals surface area (Å²) >= 11 is 4.74. The largest absolute Gasteiger partial charge is 0.496 e. The third kappa shape index (κ3) is 4.03. The summed E-state index contributed by atoms with van der Waals surface area (Å²) in [5.41, 5.74) is 1.94. The van der Waals surface area contributed by atoms with E-state index in [-0.39, 0.29) is 11.8 Å². The van der Waals surface area contributed by atoms with Gasteiger partial charge in [0.1, 0.15) is 5.75 Å². The molecule has 8 heteroatoms. The molecule has 0 fully saturated rings. The molecule has 134 valence electrons. The lowest BCUT2D eigenvalue weighted by atomic mass is 10.2. The fraction of sp³-hybridized carbons (Fsp3) is 0.167. The summed E-state index contributed by atoms with van der Waals surface area (Å²) in [4.78, 5) is 28.3. The van der Waals surface area contributed by atoms with Crippen molar-refractivity contribution in [3.05, 3.63) is 46.4 Å². The molecule has 2 amide bonds. The number of anilines is 2. The molecule has 6 nitrogen and oxygen atoms in total. The van der Waals surface area contributed by atoms with Crippen LogP contribution in [0, 0.1) is 0 Å². The van der Waals surface area contributed by atoms with E-state index < -0.39 is 0 Å². The van der Waals surface area contributed by atoms with Gasteiger partial charge in [-0.25, -0.2) is 4.98 Å². The highest BCUT2D eigenvalue weighted by Gasteiger charge is 2.11. The van der Waals surface area contributed by atoms with Crippen molar-refractivity contribution >= 4 is 60.1 Å². The molecule has 2 aromatic carbocycles. The standard InChI is InChI=1S/C18H16BrN3O3S/c1-3-16(23)22-18-21-13-6-5-11(9-15(13)26-18)20-17(24)10-4-7-14(25-2)12(19)8-10/h4-9H,3H2,1-2H3,(H,20,24)(H,21,22,23). The van der Waals surface area contributed by atoms with Crippen LogP contribution in [-0.2, 0) is 4.79 Å². The molecule has 2 N–H and O–H groups in total. The molecule has 0 aliphatic carbocycles. The van der Waals surface area contributed by atoms with E-state index in [0.29, 0.717) is 33.0 Å². The molecule has 0 saturated carbocycles. The smallest absolute Gasteiger partial charge is 0.255 e. The van der Waals surface area contributed by atoms with Crippen LogP contribution in [0.2, 0.25) is 0 Å². The number of fused-ring (bicyclic) bond motifs is 1. The second kappa shape index (κ2) is 7.84. The minimum atomic E-state index is -0.225. The monoisotopic (exact) mass is 433 g/mol. The lowest BCUT2D eigenvalue weighted by Crippen LogP contribution is -2.11. The van der Waals surface area contributed by atoms with E-state index in [4.69, 9.17) is 4.74 Å². The Labute approximate surface area is 162 Å². The van der Waals surface area contributed by atoms with E-state index in [1.165, 1.54) is 11.3 Å². The number of amides is 2. The predicted molar refractivity (Wildman–Crippen MR) is 107 cm³/mol. The maximum absolute atomic E-state index is 12.4. The molecule has 0 aliphatic rings. The van der Waals surface area contributed by atoms with E-state index >= 15 is 0 Å². The highest BCUT2D eigenvalue weighted by atomic mass is 79.9. The molecule has 3 rings (SSSR count). The number of thiazole rings is 1. The van der Waals surface area contributed by atoms with Gasteiger partial charge in [0, 0.05) is 17.7 Å². The predicted octanol–water partition coefficient (Wildman–Crippen LogP) is 4.67. The molecule has 1 aromatic heterocycles. The number of ether oxygens (including phenoxy) is 1. The number of rotatable bonds is 5. The molecular weight excluding hydrogens is 418 g/mol. The Morgan fingerprint density at radius 3 is 2.69 bits per heavy atom. The van der Waals surface area contributed by atoms with Gasteiger partial charge in [-0.1, -0.05) is 18.3 Å². The fourth-order valence-electron chi connectivity index (χ4n) is 2.27. The number of hydrogen-bond donors (Lipinski definition) is 2. The first-order valence-corrected chi connectivity index (χ1v) is 9.46. The number of nitrogens with zero attached hydrogens (tertiary/aromatic N) is 1. The fourth-order valence-corrected chi connectivity index (χ4v) is 3.74. The van der Waals surface area contributed by atoms with Crippen LogP contribution in [0.5, 0.6) is 5.75 Å². The van der Waals surface area contributed by atoms with Crippen LogP contribution in [0.1, 0.15) is 23.7 Å². The summed E-state index contributed by atoms with van der Waals surface area (Å²) in [6, 6.07) is 10.6. The van der Waals surface area contributed by atoms with E-state index in [1.54, 1.807) is 38.3 Å². The van der Waals surface area contributed by atoms with Crippen LogP contribution >= 0.6 is 27.3 Å². The summed E-state index contributed by atoms with van der Waals surface area (Å²) in [6.07, 6.45) is 0.397. The molecule has 0 aliphatic heterocycles. The molecule has 26 heavy (non-hydrogen) atoms. The molecule has 3 aromatic rings. The highest BCUT2D eigenvalue weighted by Crippen LogP contribution is 2.29. The van der Waals surface area contributed by atoms with Crippen molar-refractivity contribution in [2.75, 3.05) is 17.7 Å². The number of methoxy groups -OCH3 is 1. The molecular formula is C18H16BrN3O3S. The van der Waals surface area contributed by atoms with Crippen LogP contribution in [-0.4, -0.2) is 23.9 Å². The molecule has 0 spiro atoms. The van der Waals surface area contributed by atoms with Crippen LogP contribution in [0.3, 0.4) is 0 Å². The zero-order valence-corrected chi connectivity index (χ0v) is 16.5. The molecule has 0 atom stereocenters. The van der Waals surface area contributed by atoms with Gasteiger partial charge in [0.15, 0.2) is 5.13 Å². The van der Waals surface area contributed by atoms with Crippen LogP contribution in [0.4, 0.5) is 10.8 Å². The summed E-state index contributed by atoms with van der Waals surface area (Å²) in [5.74, 6) is 0.355. The molecule has 0 unspecified atom stereocenters. The van der Waals surface area contributed by atoms with Gasteiger partial charge in [0.2, 0.25) is 5.91 Å². The van der Waals surface area contributed by atoms with Crippen LogP contribution in [0.15, 0.2) is 40.9 Å². The van der Waals surface area contributed by atoms with E-state index in [2.05, 4.69) is 31.5 Å². The number of benzene rings is 2.